The first-order valence-electron chi connectivity index (χ1n) is 6.77. The molecule has 0 radical (unpaired) electrons. The third-order valence-electron chi connectivity index (χ3n) is 3.32. The summed E-state index contributed by atoms with van der Waals surface area (Å²) in [4.78, 5) is 14.1. The number of amides is 1. The van der Waals surface area contributed by atoms with Gasteiger partial charge in [-0.25, -0.2) is 0 Å². The minimum Gasteiger partial charge on any atom is -0.352 e. The van der Waals surface area contributed by atoms with Gasteiger partial charge in [0.15, 0.2) is 0 Å². The van der Waals surface area contributed by atoms with Gasteiger partial charge in [-0.3, -0.25) is 4.79 Å². The van der Waals surface area contributed by atoms with Crippen LogP contribution in [0.4, 0.5) is 0 Å². The maximum Gasteiger partial charge on any atom is 0.237 e. The van der Waals surface area contributed by atoms with E-state index in [9.17, 15) is 4.79 Å². The van der Waals surface area contributed by atoms with Gasteiger partial charge in [-0.1, -0.05) is 27.7 Å². The number of rotatable bonds is 7. The summed E-state index contributed by atoms with van der Waals surface area (Å²) in [5, 5.41) is 3.04. The largest absolute Gasteiger partial charge is 0.352 e. The molecule has 0 saturated heterocycles. The summed E-state index contributed by atoms with van der Waals surface area (Å²) >= 11 is 0. The van der Waals surface area contributed by atoms with Crippen molar-refractivity contribution in [3.63, 3.8) is 0 Å². The van der Waals surface area contributed by atoms with Crippen molar-refractivity contribution in [1.82, 2.24) is 10.2 Å². The Balaban J connectivity index is -0.00000144. The Morgan fingerprint density at radius 2 is 1.65 bits per heavy atom. The van der Waals surface area contributed by atoms with Crippen LogP contribution in [0.1, 0.15) is 41.0 Å². The quantitative estimate of drug-likeness (QED) is 0.753. The summed E-state index contributed by atoms with van der Waals surface area (Å²) in [5.74, 6) is 0.402. The third kappa shape index (κ3) is 9.81. The van der Waals surface area contributed by atoms with Crippen LogP contribution in [-0.4, -0.2) is 43.5 Å². The zero-order valence-corrected chi connectivity index (χ0v) is 15.5. The molecule has 1 amide bonds. The smallest absolute Gasteiger partial charge is 0.237 e. The van der Waals surface area contributed by atoms with E-state index in [0.717, 1.165) is 13.0 Å². The van der Waals surface area contributed by atoms with Crippen molar-refractivity contribution in [3.05, 3.63) is 0 Å². The molecule has 3 N–H and O–H groups in total. The molecule has 0 rings (SSSR count). The first kappa shape index (κ1) is 25.0. The molecular formula is C14H33Cl2N3O. The Labute approximate surface area is 137 Å². The van der Waals surface area contributed by atoms with Crippen LogP contribution in [0.5, 0.6) is 0 Å². The SMILES string of the molecule is CC(C)C[C@H](N)C(=O)NC(C)C(C)(C)CN(C)C.Cl.Cl. The number of nitrogens with two attached hydrogens (primary N) is 1. The summed E-state index contributed by atoms with van der Waals surface area (Å²) < 4.78 is 0. The van der Waals surface area contributed by atoms with Gasteiger partial charge in [0.05, 0.1) is 6.04 Å². The normalized spacial score (nSPS) is 14.3. The first-order chi connectivity index (χ1) is 8.06. The average Bonchev–Trinajstić information content (AvgIpc) is 2.13. The fourth-order valence-electron chi connectivity index (χ4n) is 2.08. The van der Waals surface area contributed by atoms with E-state index in [1.165, 1.54) is 0 Å². The molecule has 0 heterocycles. The van der Waals surface area contributed by atoms with E-state index in [4.69, 9.17) is 5.73 Å². The molecule has 0 aromatic heterocycles. The Bertz CT molecular complexity index is 271. The predicted molar refractivity (Wildman–Crippen MR) is 91.9 cm³/mol. The average molecular weight is 330 g/mol. The fraction of sp³-hybridized carbons (Fsp3) is 0.929. The minimum absolute atomic E-state index is 0. The number of hydrogen-bond acceptors (Lipinski definition) is 3. The zero-order chi connectivity index (χ0) is 14.5. The van der Waals surface area contributed by atoms with Gasteiger partial charge in [-0.2, -0.15) is 0 Å². The van der Waals surface area contributed by atoms with Crippen molar-refractivity contribution in [1.29, 1.82) is 0 Å². The molecule has 1 unspecified atom stereocenters. The summed E-state index contributed by atoms with van der Waals surface area (Å²) in [7, 11) is 4.08. The lowest BCUT2D eigenvalue weighted by Gasteiger charge is -2.35. The molecule has 0 saturated carbocycles. The summed E-state index contributed by atoms with van der Waals surface area (Å²) in [6, 6.07) is -0.298. The summed E-state index contributed by atoms with van der Waals surface area (Å²) in [6.07, 6.45) is 0.729. The molecule has 0 spiro atoms. The van der Waals surface area contributed by atoms with Crippen molar-refractivity contribution < 1.29 is 4.79 Å². The van der Waals surface area contributed by atoms with Gasteiger partial charge < -0.3 is 16.0 Å². The van der Waals surface area contributed by atoms with Crippen molar-refractivity contribution in [2.45, 2.75) is 53.1 Å². The van der Waals surface area contributed by atoms with Gasteiger partial charge in [0, 0.05) is 12.6 Å². The number of carbonyl (C=O) groups excluding carboxylic acids is 1. The highest BCUT2D eigenvalue weighted by Gasteiger charge is 2.29. The first-order valence-corrected chi connectivity index (χ1v) is 6.77. The molecule has 0 aliphatic heterocycles. The van der Waals surface area contributed by atoms with Crippen LogP contribution < -0.4 is 11.1 Å². The maximum atomic E-state index is 12.0. The fourth-order valence-corrected chi connectivity index (χ4v) is 2.08. The van der Waals surface area contributed by atoms with Crippen LogP contribution >= 0.6 is 24.8 Å². The van der Waals surface area contributed by atoms with Crippen molar-refractivity contribution in [2.75, 3.05) is 20.6 Å². The molecule has 0 bridgehead atoms. The maximum absolute atomic E-state index is 12.0. The van der Waals surface area contributed by atoms with E-state index in [-0.39, 0.29) is 42.2 Å². The topological polar surface area (TPSA) is 58.4 Å². The van der Waals surface area contributed by atoms with E-state index in [1.807, 2.05) is 21.0 Å². The molecule has 6 heteroatoms. The number of nitrogens with zero attached hydrogens (tertiary/aromatic N) is 1. The lowest BCUT2D eigenvalue weighted by atomic mass is 9.84. The monoisotopic (exact) mass is 329 g/mol. The van der Waals surface area contributed by atoms with E-state index < -0.39 is 6.04 Å². The standard InChI is InChI=1S/C14H31N3O.2ClH/c1-10(2)8-12(15)13(18)16-11(3)14(4,5)9-17(6)7;;/h10-12H,8-9,15H2,1-7H3,(H,16,18);2*1H/t11?,12-;;/m0../s1. The Hall–Kier alpha value is -0.0300. The second-order valence-electron chi connectivity index (χ2n) is 6.69. The molecule has 124 valence electrons. The number of hydrogen-bond donors (Lipinski definition) is 2. The molecule has 0 aliphatic rings. The van der Waals surface area contributed by atoms with Crippen LogP contribution in [0.15, 0.2) is 0 Å². The zero-order valence-electron chi connectivity index (χ0n) is 13.9. The Kier molecular flexibility index (Phi) is 13.3. The number of carbonyl (C=O) groups is 1. The summed E-state index contributed by atoms with van der Waals surface area (Å²) in [5.41, 5.74) is 5.91. The van der Waals surface area contributed by atoms with Crippen LogP contribution in [0.3, 0.4) is 0 Å². The second kappa shape index (κ2) is 10.7. The number of nitrogens with one attached hydrogen (secondary N) is 1. The van der Waals surface area contributed by atoms with E-state index in [2.05, 4.69) is 37.9 Å². The van der Waals surface area contributed by atoms with Crippen molar-refractivity contribution in [3.8, 4) is 0 Å². The molecule has 4 nitrogen and oxygen atoms in total. The van der Waals surface area contributed by atoms with Crippen LogP contribution in [-0.2, 0) is 4.79 Å². The molecular weight excluding hydrogens is 297 g/mol. The van der Waals surface area contributed by atoms with Crippen LogP contribution in [0.2, 0.25) is 0 Å². The highest BCUT2D eigenvalue weighted by atomic mass is 35.5. The Morgan fingerprint density at radius 1 is 1.20 bits per heavy atom. The predicted octanol–water partition coefficient (Wildman–Crippen LogP) is 2.30. The van der Waals surface area contributed by atoms with Gasteiger partial charge >= 0.3 is 0 Å². The Morgan fingerprint density at radius 3 is 2.00 bits per heavy atom. The van der Waals surface area contributed by atoms with E-state index in [0.29, 0.717) is 5.92 Å². The molecule has 0 aromatic rings. The van der Waals surface area contributed by atoms with Crippen molar-refractivity contribution >= 4 is 30.7 Å². The molecule has 20 heavy (non-hydrogen) atoms. The van der Waals surface area contributed by atoms with Gasteiger partial charge in [-0.15, -0.1) is 24.8 Å². The highest BCUT2D eigenvalue weighted by Crippen LogP contribution is 2.21. The molecule has 0 fully saturated rings. The van der Waals surface area contributed by atoms with Crippen LogP contribution in [0, 0.1) is 11.3 Å². The van der Waals surface area contributed by atoms with Crippen molar-refractivity contribution in [2.24, 2.45) is 17.1 Å². The minimum atomic E-state index is -0.400. The number of halogens is 2. The van der Waals surface area contributed by atoms with Gasteiger partial charge in [0.2, 0.25) is 5.91 Å². The molecule has 2 atom stereocenters. The highest BCUT2D eigenvalue weighted by molar-refractivity contribution is 5.85. The van der Waals surface area contributed by atoms with Gasteiger partial charge in [0.25, 0.3) is 0 Å². The van der Waals surface area contributed by atoms with Crippen LogP contribution in [0.25, 0.3) is 0 Å². The van der Waals surface area contributed by atoms with E-state index >= 15 is 0 Å². The van der Waals surface area contributed by atoms with Gasteiger partial charge in [-0.05, 0) is 38.8 Å². The molecule has 0 aliphatic carbocycles. The van der Waals surface area contributed by atoms with E-state index in [1.54, 1.807) is 0 Å². The third-order valence-corrected chi connectivity index (χ3v) is 3.32. The lowest BCUT2D eigenvalue weighted by molar-refractivity contribution is -0.124. The second-order valence-corrected chi connectivity index (χ2v) is 6.69. The molecule has 0 aromatic carbocycles. The van der Waals surface area contributed by atoms with Gasteiger partial charge in [0.1, 0.15) is 0 Å². The lowest BCUT2D eigenvalue weighted by Crippen LogP contribution is -2.52. The summed E-state index contributed by atoms with van der Waals surface area (Å²) in [6.45, 7) is 11.4.